The van der Waals surface area contributed by atoms with E-state index in [1.807, 2.05) is 0 Å². The van der Waals surface area contributed by atoms with Gasteiger partial charge >= 0.3 is 0 Å². The van der Waals surface area contributed by atoms with Gasteiger partial charge in [0, 0.05) is 19.3 Å². The van der Waals surface area contributed by atoms with E-state index in [0.717, 1.165) is 12.8 Å². The fourth-order valence-electron chi connectivity index (χ4n) is 3.01. The zero-order valence-corrected chi connectivity index (χ0v) is 14.8. The van der Waals surface area contributed by atoms with E-state index < -0.39 is 6.04 Å². The van der Waals surface area contributed by atoms with Crippen LogP contribution in [0.2, 0.25) is 0 Å². The van der Waals surface area contributed by atoms with Crippen molar-refractivity contribution in [2.75, 3.05) is 13.1 Å². The Hall–Kier alpha value is -2.47. The number of aromatic nitrogens is 3. The first-order chi connectivity index (χ1) is 12.1. The molecule has 1 saturated carbocycles. The van der Waals surface area contributed by atoms with Crippen molar-refractivity contribution in [1.82, 2.24) is 25.2 Å². The lowest BCUT2D eigenvalue weighted by Crippen LogP contribution is -2.57. The Bertz CT molecular complexity index is 894. The highest BCUT2D eigenvalue weighted by Gasteiger charge is 2.42. The predicted octanol–water partition coefficient (Wildman–Crippen LogP) is 1.21. The van der Waals surface area contributed by atoms with Crippen molar-refractivity contribution in [2.45, 2.75) is 18.9 Å². The molecule has 25 heavy (non-hydrogen) atoms. The van der Waals surface area contributed by atoms with E-state index in [9.17, 15) is 9.59 Å². The number of likely N-dealkylation sites (tertiary alicyclic amines) is 1. The van der Waals surface area contributed by atoms with Crippen molar-refractivity contribution in [1.29, 1.82) is 5.26 Å². The van der Waals surface area contributed by atoms with Crippen LogP contribution < -0.4 is 5.32 Å². The molecular formula is C16H15BrN6O2. The number of aromatic amines is 1. The van der Waals surface area contributed by atoms with E-state index in [1.54, 1.807) is 17.3 Å². The average Bonchev–Trinajstić information content (AvgIpc) is 3.30. The summed E-state index contributed by atoms with van der Waals surface area (Å²) in [7, 11) is 0. The lowest BCUT2D eigenvalue weighted by Gasteiger charge is -2.37. The summed E-state index contributed by atoms with van der Waals surface area (Å²) >= 11 is 3.25. The van der Waals surface area contributed by atoms with Gasteiger partial charge in [-0.2, -0.15) is 5.26 Å². The van der Waals surface area contributed by atoms with Crippen LogP contribution in [0.15, 0.2) is 17.0 Å². The van der Waals surface area contributed by atoms with Gasteiger partial charge in [0.1, 0.15) is 16.2 Å². The predicted molar refractivity (Wildman–Crippen MR) is 91.2 cm³/mol. The Labute approximate surface area is 151 Å². The van der Waals surface area contributed by atoms with E-state index >= 15 is 0 Å². The number of nitriles is 1. The van der Waals surface area contributed by atoms with Crippen LogP contribution in [-0.2, 0) is 4.79 Å². The average molecular weight is 403 g/mol. The first kappa shape index (κ1) is 16.0. The second-order valence-corrected chi connectivity index (χ2v) is 7.26. The lowest BCUT2D eigenvalue weighted by molar-refractivity contribution is -0.138. The molecule has 2 aliphatic rings. The van der Waals surface area contributed by atoms with E-state index in [1.165, 1.54) is 0 Å². The van der Waals surface area contributed by atoms with Crippen LogP contribution in [0, 0.1) is 23.2 Å². The number of amides is 2. The molecule has 8 nitrogen and oxygen atoms in total. The third-order valence-corrected chi connectivity index (χ3v) is 5.00. The molecule has 0 unspecified atom stereocenters. The zero-order chi connectivity index (χ0) is 17.6. The second-order valence-electron chi connectivity index (χ2n) is 6.45. The molecule has 2 N–H and O–H groups in total. The summed E-state index contributed by atoms with van der Waals surface area (Å²) in [6, 6.07) is 1.61. The van der Waals surface area contributed by atoms with Gasteiger partial charge in [-0.1, -0.05) is 0 Å². The number of carbonyl (C=O) groups excluding carboxylic acids is 2. The molecule has 2 aromatic heterocycles. The van der Waals surface area contributed by atoms with Crippen LogP contribution in [0.25, 0.3) is 11.2 Å². The molecule has 2 amide bonds. The summed E-state index contributed by atoms with van der Waals surface area (Å²) in [6.45, 7) is 0.889. The van der Waals surface area contributed by atoms with Crippen LogP contribution in [0.3, 0.4) is 0 Å². The normalized spacial score (nSPS) is 18.5. The number of halogens is 1. The molecule has 128 valence electrons. The Morgan fingerprint density at radius 2 is 2.20 bits per heavy atom. The Morgan fingerprint density at radius 1 is 1.44 bits per heavy atom. The van der Waals surface area contributed by atoms with Crippen LogP contribution in [0.4, 0.5) is 0 Å². The van der Waals surface area contributed by atoms with Crippen LogP contribution in [0.1, 0.15) is 23.2 Å². The standard InChI is InChI=1S/C16H15BrN6O2/c17-11-5-20-14-13(21-11)10(4-19-14)15(24)22-12(9-1-2-9)16(25)23-6-8(3-18)7-23/h4-5,8-9,12H,1-2,6-7H2,(H,19,20)(H,22,24)/t12-/m1/s1. The van der Waals surface area contributed by atoms with Gasteiger partial charge in [-0.15, -0.1) is 0 Å². The van der Waals surface area contributed by atoms with Crippen molar-refractivity contribution in [3.63, 3.8) is 0 Å². The molecule has 0 spiro atoms. The molecular weight excluding hydrogens is 388 g/mol. The number of hydrogen-bond donors (Lipinski definition) is 2. The summed E-state index contributed by atoms with van der Waals surface area (Å²) in [6.07, 6.45) is 4.94. The van der Waals surface area contributed by atoms with Crippen molar-refractivity contribution >= 4 is 38.9 Å². The molecule has 9 heteroatoms. The van der Waals surface area contributed by atoms with E-state index in [2.05, 4.69) is 42.3 Å². The molecule has 1 aliphatic carbocycles. The number of hydrogen-bond acceptors (Lipinski definition) is 5. The summed E-state index contributed by atoms with van der Waals surface area (Å²) < 4.78 is 0.534. The molecule has 0 radical (unpaired) electrons. The highest BCUT2D eigenvalue weighted by atomic mass is 79.9. The number of nitrogens with zero attached hydrogens (tertiary/aromatic N) is 4. The summed E-state index contributed by atoms with van der Waals surface area (Å²) in [5.41, 5.74) is 1.34. The number of rotatable bonds is 4. The van der Waals surface area contributed by atoms with Crippen LogP contribution in [-0.4, -0.2) is 50.8 Å². The van der Waals surface area contributed by atoms with E-state index in [4.69, 9.17) is 5.26 Å². The molecule has 4 rings (SSSR count). The maximum absolute atomic E-state index is 12.7. The topological polar surface area (TPSA) is 115 Å². The van der Waals surface area contributed by atoms with Crippen molar-refractivity contribution < 1.29 is 9.59 Å². The third-order valence-electron chi connectivity index (χ3n) is 4.62. The zero-order valence-electron chi connectivity index (χ0n) is 13.2. The maximum Gasteiger partial charge on any atom is 0.255 e. The molecule has 2 fully saturated rings. The molecule has 1 atom stereocenters. The molecule has 2 aromatic rings. The number of carbonyl (C=O) groups is 2. The first-order valence-corrected chi connectivity index (χ1v) is 8.85. The minimum absolute atomic E-state index is 0.0965. The SMILES string of the molecule is N#CC1CN(C(=O)[C@H](NC(=O)c2c[nH]c3ncc(Br)nc23)C2CC2)C1. The number of fused-ring (bicyclic) bond motifs is 1. The number of nitrogens with one attached hydrogen (secondary N) is 2. The van der Waals surface area contributed by atoms with Gasteiger partial charge in [0.2, 0.25) is 5.91 Å². The molecule has 0 aromatic carbocycles. The molecule has 3 heterocycles. The summed E-state index contributed by atoms with van der Waals surface area (Å²) in [4.78, 5) is 38.3. The van der Waals surface area contributed by atoms with Gasteiger partial charge in [0.05, 0.1) is 23.7 Å². The Balaban J connectivity index is 1.52. The largest absolute Gasteiger partial charge is 0.344 e. The monoisotopic (exact) mass is 402 g/mol. The lowest BCUT2D eigenvalue weighted by atomic mass is 9.99. The number of H-pyrrole nitrogens is 1. The van der Waals surface area contributed by atoms with Gasteiger partial charge in [-0.25, -0.2) is 9.97 Å². The smallest absolute Gasteiger partial charge is 0.255 e. The Morgan fingerprint density at radius 3 is 2.88 bits per heavy atom. The van der Waals surface area contributed by atoms with E-state index in [-0.39, 0.29) is 23.7 Å². The summed E-state index contributed by atoms with van der Waals surface area (Å²) in [5, 5.41) is 11.7. The third kappa shape index (κ3) is 2.98. The fraction of sp³-hybridized carbons (Fsp3) is 0.438. The highest BCUT2D eigenvalue weighted by Crippen LogP contribution is 2.34. The summed E-state index contributed by atoms with van der Waals surface area (Å²) in [5.74, 6) is -0.378. The fourth-order valence-corrected chi connectivity index (χ4v) is 3.29. The van der Waals surface area contributed by atoms with Gasteiger partial charge in [-0.3, -0.25) is 9.59 Å². The van der Waals surface area contributed by atoms with Crippen molar-refractivity contribution in [3.8, 4) is 6.07 Å². The van der Waals surface area contributed by atoms with E-state index in [0.29, 0.717) is 34.4 Å². The van der Waals surface area contributed by atoms with Gasteiger partial charge < -0.3 is 15.2 Å². The van der Waals surface area contributed by atoms with Gasteiger partial charge in [0.25, 0.3) is 5.91 Å². The molecule has 0 bridgehead atoms. The van der Waals surface area contributed by atoms with Crippen LogP contribution >= 0.6 is 15.9 Å². The quantitative estimate of drug-likeness (QED) is 0.797. The first-order valence-electron chi connectivity index (χ1n) is 8.05. The van der Waals surface area contributed by atoms with Gasteiger partial charge in [-0.05, 0) is 34.7 Å². The minimum Gasteiger partial charge on any atom is -0.344 e. The van der Waals surface area contributed by atoms with Gasteiger partial charge in [0.15, 0.2) is 5.65 Å². The minimum atomic E-state index is -0.544. The van der Waals surface area contributed by atoms with Crippen molar-refractivity contribution in [3.05, 3.63) is 22.6 Å². The molecule has 1 aliphatic heterocycles. The maximum atomic E-state index is 12.7. The highest BCUT2D eigenvalue weighted by molar-refractivity contribution is 9.10. The van der Waals surface area contributed by atoms with Crippen molar-refractivity contribution in [2.24, 2.45) is 11.8 Å². The Kier molecular flexibility index (Phi) is 3.92. The second kappa shape index (κ2) is 6.11. The van der Waals surface area contributed by atoms with Crippen LogP contribution in [0.5, 0.6) is 0 Å². The molecule has 1 saturated heterocycles.